The average Bonchev–Trinajstić information content (AvgIpc) is 2.44. The van der Waals surface area contributed by atoms with Gasteiger partial charge in [0.2, 0.25) is 0 Å². The van der Waals surface area contributed by atoms with Crippen molar-refractivity contribution in [1.29, 1.82) is 0 Å². The number of hydrogen-bond acceptors (Lipinski definition) is 3. The lowest BCUT2D eigenvalue weighted by Gasteiger charge is -2.28. The molecule has 0 aliphatic carbocycles. The molecule has 1 saturated heterocycles. The summed E-state index contributed by atoms with van der Waals surface area (Å²) in [5.74, 6) is 2.34. The Morgan fingerprint density at radius 3 is 2.84 bits per heavy atom. The van der Waals surface area contributed by atoms with Gasteiger partial charge in [0.25, 0.3) is 0 Å². The van der Waals surface area contributed by atoms with E-state index in [0.29, 0.717) is 0 Å². The van der Waals surface area contributed by atoms with Crippen LogP contribution in [0.4, 0.5) is 4.39 Å². The standard InChI is InChI=1S/C15H23FN2S/c1-2-17-15(13-4-3-5-14(16)12-13)6-7-18-8-10-19-11-9-18/h3-5,12,15,17H,2,6-11H2,1H3. The molecule has 0 spiro atoms. The van der Waals surface area contributed by atoms with Gasteiger partial charge in [0.05, 0.1) is 0 Å². The number of halogens is 1. The van der Waals surface area contributed by atoms with E-state index >= 15 is 0 Å². The van der Waals surface area contributed by atoms with E-state index in [9.17, 15) is 4.39 Å². The summed E-state index contributed by atoms with van der Waals surface area (Å²) in [5, 5.41) is 3.47. The predicted octanol–water partition coefficient (Wildman–Crippen LogP) is 2.92. The van der Waals surface area contributed by atoms with Gasteiger partial charge in [-0.2, -0.15) is 11.8 Å². The summed E-state index contributed by atoms with van der Waals surface area (Å²) < 4.78 is 13.3. The molecular weight excluding hydrogens is 259 g/mol. The van der Waals surface area contributed by atoms with Crippen LogP contribution < -0.4 is 5.32 Å². The van der Waals surface area contributed by atoms with Crippen LogP contribution in [0.2, 0.25) is 0 Å². The first kappa shape index (κ1) is 14.8. The average molecular weight is 282 g/mol. The highest BCUT2D eigenvalue weighted by atomic mass is 32.2. The minimum atomic E-state index is -0.144. The predicted molar refractivity (Wildman–Crippen MR) is 81.2 cm³/mol. The fourth-order valence-corrected chi connectivity index (χ4v) is 3.47. The molecule has 0 aromatic heterocycles. The van der Waals surface area contributed by atoms with Crippen molar-refractivity contribution in [3.8, 4) is 0 Å². The first-order valence-electron chi connectivity index (χ1n) is 7.08. The van der Waals surface area contributed by atoms with Crippen LogP contribution in [-0.4, -0.2) is 42.6 Å². The second kappa shape index (κ2) is 7.88. The van der Waals surface area contributed by atoms with Crippen LogP contribution in [0.3, 0.4) is 0 Å². The topological polar surface area (TPSA) is 15.3 Å². The minimum Gasteiger partial charge on any atom is -0.310 e. The maximum atomic E-state index is 13.3. The fraction of sp³-hybridized carbons (Fsp3) is 0.600. The van der Waals surface area contributed by atoms with E-state index in [1.54, 1.807) is 12.1 Å². The third kappa shape index (κ3) is 4.79. The molecule has 1 unspecified atom stereocenters. The SMILES string of the molecule is CCNC(CCN1CCSCC1)c1cccc(F)c1. The van der Waals surface area contributed by atoms with Gasteiger partial charge in [0.15, 0.2) is 0 Å². The molecule has 0 amide bonds. The monoisotopic (exact) mass is 282 g/mol. The number of nitrogens with one attached hydrogen (secondary N) is 1. The number of benzene rings is 1. The van der Waals surface area contributed by atoms with E-state index in [1.165, 1.54) is 30.7 Å². The lowest BCUT2D eigenvalue weighted by atomic mass is 10.0. The highest BCUT2D eigenvalue weighted by Gasteiger charge is 2.15. The molecule has 1 N–H and O–H groups in total. The molecule has 1 heterocycles. The van der Waals surface area contributed by atoms with E-state index < -0.39 is 0 Å². The van der Waals surface area contributed by atoms with Gasteiger partial charge in [-0.25, -0.2) is 4.39 Å². The zero-order valence-corrected chi connectivity index (χ0v) is 12.4. The first-order valence-corrected chi connectivity index (χ1v) is 8.24. The third-order valence-corrected chi connectivity index (χ3v) is 4.48. The van der Waals surface area contributed by atoms with Crippen LogP contribution in [0, 0.1) is 5.82 Å². The Balaban J connectivity index is 1.91. The second-order valence-corrected chi connectivity index (χ2v) is 6.13. The van der Waals surface area contributed by atoms with Gasteiger partial charge in [-0.3, -0.25) is 0 Å². The van der Waals surface area contributed by atoms with Gasteiger partial charge in [-0.15, -0.1) is 0 Å². The maximum absolute atomic E-state index is 13.3. The van der Waals surface area contributed by atoms with Crippen LogP contribution in [0.1, 0.15) is 24.9 Å². The molecule has 0 saturated carbocycles. The Kier molecular flexibility index (Phi) is 6.14. The Labute approximate surface area is 119 Å². The Morgan fingerprint density at radius 1 is 1.37 bits per heavy atom. The van der Waals surface area contributed by atoms with E-state index in [4.69, 9.17) is 0 Å². The van der Waals surface area contributed by atoms with E-state index in [1.807, 2.05) is 17.8 Å². The molecule has 1 aromatic rings. The zero-order valence-electron chi connectivity index (χ0n) is 11.6. The Morgan fingerprint density at radius 2 is 2.16 bits per heavy atom. The molecule has 1 aromatic carbocycles. The molecule has 1 atom stereocenters. The maximum Gasteiger partial charge on any atom is 0.123 e. The van der Waals surface area contributed by atoms with Crippen molar-refractivity contribution in [3.63, 3.8) is 0 Å². The third-order valence-electron chi connectivity index (χ3n) is 3.54. The first-order chi connectivity index (χ1) is 9.29. The lowest BCUT2D eigenvalue weighted by molar-refractivity contribution is 0.281. The summed E-state index contributed by atoms with van der Waals surface area (Å²) in [7, 11) is 0. The molecule has 19 heavy (non-hydrogen) atoms. The quantitative estimate of drug-likeness (QED) is 0.863. The van der Waals surface area contributed by atoms with E-state index in [0.717, 1.165) is 25.1 Å². The highest BCUT2D eigenvalue weighted by molar-refractivity contribution is 7.99. The Hall–Kier alpha value is -0.580. The van der Waals surface area contributed by atoms with Gasteiger partial charge >= 0.3 is 0 Å². The van der Waals surface area contributed by atoms with E-state index in [2.05, 4.69) is 17.1 Å². The number of hydrogen-bond donors (Lipinski definition) is 1. The molecule has 4 heteroatoms. The van der Waals surface area contributed by atoms with Gasteiger partial charge < -0.3 is 10.2 Å². The second-order valence-electron chi connectivity index (χ2n) is 4.91. The van der Waals surface area contributed by atoms with Gasteiger partial charge in [-0.1, -0.05) is 19.1 Å². The normalized spacial score (nSPS) is 18.4. The van der Waals surface area contributed by atoms with Crippen molar-refractivity contribution in [1.82, 2.24) is 10.2 Å². The van der Waals surface area contributed by atoms with Gasteiger partial charge in [-0.05, 0) is 30.7 Å². The molecule has 0 bridgehead atoms. The van der Waals surface area contributed by atoms with Crippen LogP contribution in [0.5, 0.6) is 0 Å². The summed E-state index contributed by atoms with van der Waals surface area (Å²) in [6.07, 6.45) is 1.04. The molecule has 106 valence electrons. The molecule has 1 aliphatic rings. The Bertz CT molecular complexity index is 380. The van der Waals surface area contributed by atoms with Crippen molar-refractivity contribution in [2.75, 3.05) is 37.7 Å². The number of nitrogens with zero attached hydrogens (tertiary/aromatic N) is 1. The largest absolute Gasteiger partial charge is 0.310 e. The summed E-state index contributed by atoms with van der Waals surface area (Å²) >= 11 is 2.03. The summed E-state index contributed by atoms with van der Waals surface area (Å²) in [6.45, 7) is 6.48. The van der Waals surface area contributed by atoms with Crippen LogP contribution in [-0.2, 0) is 0 Å². The molecule has 1 fully saturated rings. The summed E-state index contributed by atoms with van der Waals surface area (Å²) in [6, 6.07) is 7.23. The summed E-state index contributed by atoms with van der Waals surface area (Å²) in [5.41, 5.74) is 1.06. The van der Waals surface area contributed by atoms with Crippen molar-refractivity contribution in [2.24, 2.45) is 0 Å². The van der Waals surface area contributed by atoms with Crippen LogP contribution >= 0.6 is 11.8 Å². The van der Waals surface area contributed by atoms with Crippen LogP contribution in [0.25, 0.3) is 0 Å². The molecule has 2 rings (SSSR count). The van der Waals surface area contributed by atoms with Gasteiger partial charge in [0.1, 0.15) is 5.82 Å². The number of rotatable bonds is 6. The van der Waals surface area contributed by atoms with Crippen molar-refractivity contribution < 1.29 is 4.39 Å². The lowest BCUT2D eigenvalue weighted by Crippen LogP contribution is -2.35. The van der Waals surface area contributed by atoms with E-state index in [-0.39, 0.29) is 11.9 Å². The smallest absolute Gasteiger partial charge is 0.123 e. The van der Waals surface area contributed by atoms with Gasteiger partial charge in [0, 0.05) is 37.2 Å². The molecule has 2 nitrogen and oxygen atoms in total. The molecular formula is C15H23FN2S. The zero-order chi connectivity index (χ0) is 13.5. The highest BCUT2D eigenvalue weighted by Crippen LogP contribution is 2.19. The summed E-state index contributed by atoms with van der Waals surface area (Å²) in [4.78, 5) is 2.51. The molecule has 0 radical (unpaired) electrons. The fourth-order valence-electron chi connectivity index (χ4n) is 2.49. The van der Waals surface area contributed by atoms with Crippen LogP contribution in [0.15, 0.2) is 24.3 Å². The van der Waals surface area contributed by atoms with Crippen molar-refractivity contribution in [3.05, 3.63) is 35.6 Å². The molecule has 1 aliphatic heterocycles. The number of thioether (sulfide) groups is 1. The minimum absolute atomic E-state index is 0.144. The van der Waals surface area contributed by atoms with Crippen molar-refractivity contribution >= 4 is 11.8 Å². The van der Waals surface area contributed by atoms with Crippen molar-refractivity contribution in [2.45, 2.75) is 19.4 Å².